The Balaban J connectivity index is 0.00000312. The van der Waals surface area contributed by atoms with Crippen LogP contribution in [0.5, 0.6) is 5.75 Å². The first kappa shape index (κ1) is 21.8. The normalized spacial score (nSPS) is 16.6. The number of halogens is 1. The number of rotatable bonds is 7. The number of hydrogen-bond acceptors (Lipinski definition) is 3. The number of methoxy groups -OCH3 is 1. The van der Waals surface area contributed by atoms with Crippen molar-refractivity contribution in [2.75, 3.05) is 20.2 Å². The van der Waals surface area contributed by atoms with E-state index < -0.39 is 0 Å². The van der Waals surface area contributed by atoms with Crippen molar-refractivity contribution in [2.24, 2.45) is 11.1 Å². The minimum absolute atomic E-state index is 0. The van der Waals surface area contributed by atoms with E-state index in [1.54, 1.807) is 7.11 Å². The van der Waals surface area contributed by atoms with Gasteiger partial charge in [-0.25, -0.2) is 0 Å². The van der Waals surface area contributed by atoms with Crippen LogP contribution in [0.3, 0.4) is 0 Å². The average molecular weight is 369 g/mol. The molecule has 0 heterocycles. The Hall–Kier alpha value is -1.26. The second kappa shape index (κ2) is 9.44. The summed E-state index contributed by atoms with van der Waals surface area (Å²) in [4.78, 5) is 12.5. The molecule has 0 unspecified atom stereocenters. The average Bonchev–Trinajstić information content (AvgIpc) is 2.61. The number of nitrogens with two attached hydrogens (primary N) is 1. The van der Waals surface area contributed by atoms with Gasteiger partial charge in [-0.15, -0.1) is 12.4 Å². The van der Waals surface area contributed by atoms with E-state index in [-0.39, 0.29) is 29.1 Å². The maximum Gasteiger partial charge on any atom is 0.220 e. The summed E-state index contributed by atoms with van der Waals surface area (Å²) in [7, 11) is 1.67. The van der Waals surface area contributed by atoms with Crippen molar-refractivity contribution in [1.82, 2.24) is 5.32 Å². The summed E-state index contributed by atoms with van der Waals surface area (Å²) in [5, 5.41) is 3.13. The van der Waals surface area contributed by atoms with Crippen molar-refractivity contribution in [3.05, 3.63) is 29.8 Å². The second-order valence-electron chi connectivity index (χ2n) is 7.83. The van der Waals surface area contributed by atoms with E-state index in [9.17, 15) is 4.79 Å². The van der Waals surface area contributed by atoms with Crippen molar-refractivity contribution in [3.63, 3.8) is 0 Å². The van der Waals surface area contributed by atoms with E-state index in [4.69, 9.17) is 10.5 Å². The highest BCUT2D eigenvalue weighted by Crippen LogP contribution is 2.38. The van der Waals surface area contributed by atoms with Gasteiger partial charge in [-0.2, -0.15) is 0 Å². The number of nitrogens with one attached hydrogen (secondary N) is 1. The van der Waals surface area contributed by atoms with Gasteiger partial charge in [-0.1, -0.05) is 45.2 Å². The summed E-state index contributed by atoms with van der Waals surface area (Å²) >= 11 is 0. The highest BCUT2D eigenvalue weighted by atomic mass is 35.5. The van der Waals surface area contributed by atoms with Crippen LogP contribution in [0.1, 0.15) is 57.9 Å². The molecule has 3 N–H and O–H groups in total. The van der Waals surface area contributed by atoms with E-state index in [1.165, 1.54) is 24.8 Å². The standard InChI is InChI=1S/C20H32N2O2.ClH/c1-19(2,16-7-9-17(24-3)10-8-16)15-22-18(23)13-20(14-21)11-5-4-6-12-20;/h7-10H,4-6,11-15,21H2,1-3H3,(H,22,23);1H. The van der Waals surface area contributed by atoms with Crippen molar-refractivity contribution in [3.8, 4) is 5.75 Å². The smallest absolute Gasteiger partial charge is 0.220 e. The quantitative estimate of drug-likeness (QED) is 0.769. The fraction of sp³-hybridized carbons (Fsp3) is 0.650. The molecule has 0 atom stereocenters. The van der Waals surface area contributed by atoms with E-state index in [0.29, 0.717) is 19.5 Å². The molecule has 1 aliphatic rings. The molecular weight excluding hydrogens is 336 g/mol. The molecular formula is C20H33ClN2O2. The van der Waals surface area contributed by atoms with Crippen LogP contribution in [0.25, 0.3) is 0 Å². The molecule has 0 bridgehead atoms. The van der Waals surface area contributed by atoms with Gasteiger partial charge in [-0.05, 0) is 42.5 Å². The van der Waals surface area contributed by atoms with Gasteiger partial charge in [0.25, 0.3) is 0 Å². The molecule has 4 nitrogen and oxygen atoms in total. The second-order valence-corrected chi connectivity index (χ2v) is 7.83. The number of carbonyl (C=O) groups is 1. The lowest BCUT2D eigenvalue weighted by Crippen LogP contribution is -2.42. The largest absolute Gasteiger partial charge is 0.497 e. The summed E-state index contributed by atoms with van der Waals surface area (Å²) in [6.45, 7) is 5.53. The molecule has 0 aliphatic heterocycles. The first-order valence-electron chi connectivity index (χ1n) is 9.02. The van der Waals surface area contributed by atoms with Crippen molar-refractivity contribution in [2.45, 2.75) is 57.8 Å². The molecule has 0 spiro atoms. The fourth-order valence-corrected chi connectivity index (χ4v) is 3.62. The Morgan fingerprint density at radius 2 is 1.80 bits per heavy atom. The molecule has 0 aromatic heterocycles. The van der Waals surface area contributed by atoms with Crippen LogP contribution in [0.4, 0.5) is 0 Å². The van der Waals surface area contributed by atoms with Gasteiger partial charge in [-0.3, -0.25) is 4.79 Å². The van der Waals surface area contributed by atoms with Crippen molar-refractivity contribution < 1.29 is 9.53 Å². The predicted octanol–water partition coefficient (Wildman–Crippen LogP) is 3.81. The minimum atomic E-state index is -0.121. The molecule has 1 amide bonds. The molecule has 25 heavy (non-hydrogen) atoms. The topological polar surface area (TPSA) is 64.3 Å². The Morgan fingerprint density at radius 1 is 1.20 bits per heavy atom. The highest BCUT2D eigenvalue weighted by Gasteiger charge is 2.33. The number of amides is 1. The maximum absolute atomic E-state index is 12.5. The lowest BCUT2D eigenvalue weighted by molar-refractivity contribution is -0.124. The first-order chi connectivity index (χ1) is 11.4. The molecule has 1 aliphatic carbocycles. The van der Waals surface area contributed by atoms with Crippen LogP contribution < -0.4 is 15.8 Å². The summed E-state index contributed by atoms with van der Waals surface area (Å²) < 4.78 is 5.21. The van der Waals surface area contributed by atoms with Crippen LogP contribution in [0, 0.1) is 5.41 Å². The molecule has 142 valence electrons. The number of ether oxygens (including phenoxy) is 1. The summed E-state index contributed by atoms with van der Waals surface area (Å²) in [5.41, 5.74) is 7.08. The molecule has 0 saturated heterocycles. The summed E-state index contributed by atoms with van der Waals surface area (Å²) in [6.07, 6.45) is 6.39. The van der Waals surface area contributed by atoms with Gasteiger partial charge in [0.05, 0.1) is 7.11 Å². The van der Waals surface area contributed by atoms with Crippen molar-refractivity contribution in [1.29, 1.82) is 0 Å². The SMILES string of the molecule is COc1ccc(C(C)(C)CNC(=O)CC2(CN)CCCCC2)cc1.Cl. The molecule has 1 saturated carbocycles. The van der Waals surface area contributed by atoms with E-state index in [0.717, 1.165) is 18.6 Å². The van der Waals surface area contributed by atoms with Crippen molar-refractivity contribution >= 4 is 18.3 Å². The Morgan fingerprint density at radius 3 is 2.32 bits per heavy atom. The Labute approximate surface area is 158 Å². The van der Waals surface area contributed by atoms with Gasteiger partial charge in [0.2, 0.25) is 5.91 Å². The molecule has 2 rings (SSSR count). The van der Waals surface area contributed by atoms with Crippen LogP contribution in [0.2, 0.25) is 0 Å². The molecule has 1 aromatic rings. The third-order valence-electron chi connectivity index (χ3n) is 5.48. The van der Waals surface area contributed by atoms with E-state index in [2.05, 4.69) is 31.3 Å². The lowest BCUT2D eigenvalue weighted by atomic mass is 9.71. The zero-order chi connectivity index (χ0) is 17.6. The molecule has 5 heteroatoms. The Bertz CT molecular complexity index is 537. The van der Waals surface area contributed by atoms with E-state index in [1.807, 2.05) is 12.1 Å². The fourth-order valence-electron chi connectivity index (χ4n) is 3.62. The highest BCUT2D eigenvalue weighted by molar-refractivity contribution is 5.85. The monoisotopic (exact) mass is 368 g/mol. The first-order valence-corrected chi connectivity index (χ1v) is 9.02. The number of benzene rings is 1. The third kappa shape index (κ3) is 5.89. The van der Waals surface area contributed by atoms with Crippen LogP contribution in [0.15, 0.2) is 24.3 Å². The van der Waals surface area contributed by atoms with Gasteiger partial charge in [0.15, 0.2) is 0 Å². The zero-order valence-corrected chi connectivity index (χ0v) is 16.6. The molecule has 1 aromatic carbocycles. The number of carbonyl (C=O) groups excluding carboxylic acids is 1. The maximum atomic E-state index is 12.5. The van der Waals surface area contributed by atoms with Gasteiger partial charge in [0.1, 0.15) is 5.75 Å². The van der Waals surface area contributed by atoms with Gasteiger partial charge < -0.3 is 15.8 Å². The van der Waals surface area contributed by atoms with Crippen LogP contribution >= 0.6 is 12.4 Å². The minimum Gasteiger partial charge on any atom is -0.497 e. The van der Waals surface area contributed by atoms with Crippen LogP contribution in [-0.4, -0.2) is 26.1 Å². The lowest BCUT2D eigenvalue weighted by Gasteiger charge is -2.36. The van der Waals surface area contributed by atoms with Gasteiger partial charge in [0, 0.05) is 18.4 Å². The van der Waals surface area contributed by atoms with E-state index >= 15 is 0 Å². The predicted molar refractivity (Wildman–Crippen MR) is 105 cm³/mol. The third-order valence-corrected chi connectivity index (χ3v) is 5.48. The zero-order valence-electron chi connectivity index (χ0n) is 15.8. The molecule has 0 radical (unpaired) electrons. The summed E-state index contributed by atoms with van der Waals surface area (Å²) in [6, 6.07) is 8.05. The molecule has 1 fully saturated rings. The Kier molecular flexibility index (Phi) is 8.23. The number of hydrogen-bond donors (Lipinski definition) is 2. The summed E-state index contributed by atoms with van der Waals surface area (Å²) in [5.74, 6) is 0.977. The van der Waals surface area contributed by atoms with Crippen LogP contribution in [-0.2, 0) is 10.2 Å². The van der Waals surface area contributed by atoms with Gasteiger partial charge >= 0.3 is 0 Å².